The summed E-state index contributed by atoms with van der Waals surface area (Å²) in [6.07, 6.45) is 0.915. The Hall–Kier alpha value is -0.760. The van der Waals surface area contributed by atoms with Crippen LogP contribution in [-0.2, 0) is 11.2 Å². The maximum atomic E-state index is 11.8. The van der Waals surface area contributed by atoms with Gasteiger partial charge in [0.05, 0.1) is 5.25 Å². The SMILES string of the molecule is CC(C)C(=O)C1Cc2ccccc2S1. The van der Waals surface area contributed by atoms with E-state index >= 15 is 0 Å². The minimum absolute atomic E-state index is 0.154. The zero-order valence-corrected chi connectivity index (χ0v) is 9.30. The fourth-order valence-corrected chi connectivity index (χ4v) is 3.13. The number of hydrogen-bond acceptors (Lipinski definition) is 2. The highest BCUT2D eigenvalue weighted by atomic mass is 32.2. The summed E-state index contributed by atoms with van der Waals surface area (Å²) < 4.78 is 0. The van der Waals surface area contributed by atoms with Crippen LogP contribution in [0.1, 0.15) is 19.4 Å². The van der Waals surface area contributed by atoms with E-state index in [0.717, 1.165) is 6.42 Å². The third kappa shape index (κ3) is 1.71. The smallest absolute Gasteiger partial charge is 0.149 e. The Kier molecular flexibility index (Phi) is 2.64. The van der Waals surface area contributed by atoms with Crippen molar-refractivity contribution in [3.63, 3.8) is 0 Å². The molecule has 0 fully saturated rings. The second-order valence-corrected chi connectivity index (χ2v) is 5.22. The maximum absolute atomic E-state index is 11.8. The molecule has 1 heterocycles. The molecule has 0 aliphatic carbocycles. The number of rotatable bonds is 2. The van der Waals surface area contributed by atoms with Gasteiger partial charge >= 0.3 is 0 Å². The summed E-state index contributed by atoms with van der Waals surface area (Å²) >= 11 is 1.72. The van der Waals surface area contributed by atoms with Crippen LogP contribution in [0.3, 0.4) is 0 Å². The molecule has 1 unspecified atom stereocenters. The van der Waals surface area contributed by atoms with E-state index in [-0.39, 0.29) is 11.2 Å². The number of benzene rings is 1. The molecule has 2 rings (SSSR count). The first-order chi connectivity index (χ1) is 6.68. The summed E-state index contributed by atoms with van der Waals surface area (Å²) in [5.41, 5.74) is 1.33. The molecule has 1 atom stereocenters. The van der Waals surface area contributed by atoms with Gasteiger partial charge in [-0.25, -0.2) is 0 Å². The fourth-order valence-electron chi connectivity index (χ4n) is 1.71. The third-order valence-corrected chi connectivity index (χ3v) is 3.87. The molecule has 74 valence electrons. The van der Waals surface area contributed by atoms with E-state index in [9.17, 15) is 4.79 Å². The summed E-state index contributed by atoms with van der Waals surface area (Å²) in [6.45, 7) is 3.96. The van der Waals surface area contributed by atoms with Crippen LogP contribution in [0, 0.1) is 5.92 Å². The molecule has 14 heavy (non-hydrogen) atoms. The first-order valence-electron chi connectivity index (χ1n) is 4.97. The van der Waals surface area contributed by atoms with Crippen LogP contribution < -0.4 is 0 Å². The molecule has 0 saturated heterocycles. The Morgan fingerprint density at radius 3 is 2.79 bits per heavy atom. The molecule has 0 saturated carbocycles. The van der Waals surface area contributed by atoms with Crippen molar-refractivity contribution in [1.82, 2.24) is 0 Å². The molecule has 0 amide bonds. The molecule has 0 radical (unpaired) electrons. The molecule has 0 aromatic heterocycles. The lowest BCUT2D eigenvalue weighted by Gasteiger charge is -2.09. The molecule has 1 nitrogen and oxygen atoms in total. The van der Waals surface area contributed by atoms with Gasteiger partial charge in [0.1, 0.15) is 5.78 Å². The van der Waals surface area contributed by atoms with Gasteiger partial charge < -0.3 is 0 Å². The quantitative estimate of drug-likeness (QED) is 0.740. The second-order valence-electron chi connectivity index (χ2n) is 3.98. The molecule has 0 N–H and O–H groups in total. The van der Waals surface area contributed by atoms with E-state index in [4.69, 9.17) is 0 Å². The summed E-state index contributed by atoms with van der Waals surface area (Å²) in [4.78, 5) is 13.1. The van der Waals surface area contributed by atoms with Crippen molar-refractivity contribution < 1.29 is 4.79 Å². The first kappa shape index (κ1) is 9.78. The Labute approximate surface area is 88.9 Å². The Morgan fingerprint density at radius 2 is 2.14 bits per heavy atom. The van der Waals surface area contributed by atoms with Crippen molar-refractivity contribution in [2.24, 2.45) is 5.92 Å². The van der Waals surface area contributed by atoms with Gasteiger partial charge in [0.2, 0.25) is 0 Å². The second kappa shape index (κ2) is 3.77. The first-order valence-corrected chi connectivity index (χ1v) is 5.84. The number of carbonyl (C=O) groups is 1. The van der Waals surface area contributed by atoms with Gasteiger partial charge in [0, 0.05) is 10.8 Å². The van der Waals surface area contributed by atoms with Gasteiger partial charge in [-0.15, -0.1) is 11.8 Å². The van der Waals surface area contributed by atoms with E-state index in [0.29, 0.717) is 5.78 Å². The van der Waals surface area contributed by atoms with Crippen LogP contribution in [0.2, 0.25) is 0 Å². The highest BCUT2D eigenvalue weighted by molar-refractivity contribution is 8.01. The van der Waals surface area contributed by atoms with E-state index in [2.05, 4.69) is 12.1 Å². The van der Waals surface area contributed by atoms with Crippen LogP contribution in [0.25, 0.3) is 0 Å². The Bertz CT molecular complexity index is 332. The van der Waals surface area contributed by atoms with Gasteiger partial charge in [0.15, 0.2) is 0 Å². The predicted octanol–water partition coefficient (Wildman–Crippen LogP) is 2.93. The van der Waals surface area contributed by atoms with Gasteiger partial charge in [-0.2, -0.15) is 0 Å². The largest absolute Gasteiger partial charge is 0.298 e. The summed E-state index contributed by atoms with van der Waals surface area (Å²) in [6, 6.07) is 8.30. The zero-order valence-electron chi connectivity index (χ0n) is 8.49. The van der Waals surface area contributed by atoms with Crippen molar-refractivity contribution in [2.75, 3.05) is 0 Å². The third-order valence-electron chi connectivity index (χ3n) is 2.53. The maximum Gasteiger partial charge on any atom is 0.149 e. The highest BCUT2D eigenvalue weighted by Gasteiger charge is 2.28. The van der Waals surface area contributed by atoms with Crippen molar-refractivity contribution in [2.45, 2.75) is 30.4 Å². The topological polar surface area (TPSA) is 17.1 Å². The van der Waals surface area contributed by atoms with Gasteiger partial charge in [-0.3, -0.25) is 4.79 Å². The number of Topliss-reactive ketones (excluding diaryl/α,β-unsaturated/α-hetero) is 1. The van der Waals surface area contributed by atoms with Gasteiger partial charge in [0.25, 0.3) is 0 Å². The molecule has 1 aromatic carbocycles. The average Bonchev–Trinajstić information content (AvgIpc) is 2.59. The predicted molar refractivity (Wildman–Crippen MR) is 59.6 cm³/mol. The highest BCUT2D eigenvalue weighted by Crippen LogP contribution is 2.37. The van der Waals surface area contributed by atoms with Crippen LogP contribution in [0.4, 0.5) is 0 Å². The van der Waals surface area contributed by atoms with E-state index in [1.54, 1.807) is 11.8 Å². The number of ketones is 1. The summed E-state index contributed by atoms with van der Waals surface area (Å²) in [5, 5.41) is 0.160. The standard InChI is InChI=1S/C12H14OS/c1-8(2)12(13)11-7-9-5-3-4-6-10(9)14-11/h3-6,8,11H,7H2,1-2H3. The monoisotopic (exact) mass is 206 g/mol. The number of carbonyl (C=O) groups excluding carboxylic acids is 1. The minimum Gasteiger partial charge on any atom is -0.298 e. The van der Waals surface area contributed by atoms with E-state index < -0.39 is 0 Å². The molecular weight excluding hydrogens is 192 g/mol. The van der Waals surface area contributed by atoms with Crippen molar-refractivity contribution in [1.29, 1.82) is 0 Å². The zero-order chi connectivity index (χ0) is 10.1. The number of thioether (sulfide) groups is 1. The normalized spacial score (nSPS) is 19.8. The molecular formula is C12H14OS. The van der Waals surface area contributed by atoms with Crippen LogP contribution in [0.15, 0.2) is 29.2 Å². The summed E-state index contributed by atoms with van der Waals surface area (Å²) in [7, 11) is 0. The molecule has 1 aliphatic heterocycles. The number of fused-ring (bicyclic) bond motifs is 1. The van der Waals surface area contributed by atoms with Crippen LogP contribution >= 0.6 is 11.8 Å². The van der Waals surface area contributed by atoms with E-state index in [1.807, 2.05) is 26.0 Å². The average molecular weight is 206 g/mol. The molecule has 2 heteroatoms. The van der Waals surface area contributed by atoms with E-state index in [1.165, 1.54) is 10.5 Å². The van der Waals surface area contributed by atoms with Crippen molar-refractivity contribution >= 4 is 17.5 Å². The Morgan fingerprint density at radius 1 is 1.43 bits per heavy atom. The van der Waals surface area contributed by atoms with Crippen LogP contribution in [-0.4, -0.2) is 11.0 Å². The molecule has 0 spiro atoms. The molecule has 1 aliphatic rings. The number of hydrogen-bond donors (Lipinski definition) is 0. The summed E-state index contributed by atoms with van der Waals surface area (Å²) in [5.74, 6) is 0.535. The minimum atomic E-state index is 0.154. The van der Waals surface area contributed by atoms with Crippen molar-refractivity contribution in [3.05, 3.63) is 29.8 Å². The Balaban J connectivity index is 2.16. The van der Waals surface area contributed by atoms with Crippen molar-refractivity contribution in [3.8, 4) is 0 Å². The molecule has 0 bridgehead atoms. The molecule has 1 aromatic rings. The fraction of sp³-hybridized carbons (Fsp3) is 0.417. The van der Waals surface area contributed by atoms with Crippen LogP contribution in [0.5, 0.6) is 0 Å². The van der Waals surface area contributed by atoms with Gasteiger partial charge in [-0.05, 0) is 18.1 Å². The lowest BCUT2D eigenvalue weighted by molar-refractivity contribution is -0.121. The van der Waals surface area contributed by atoms with Gasteiger partial charge in [-0.1, -0.05) is 32.0 Å². The lowest BCUT2D eigenvalue weighted by atomic mass is 10.0. The lowest BCUT2D eigenvalue weighted by Crippen LogP contribution is -2.21.